The number of carbonyl (C=O) groups is 1. The lowest BCUT2D eigenvalue weighted by atomic mass is 9.82. The number of aromatic amines is 1. The van der Waals surface area contributed by atoms with Crippen LogP contribution in [0.15, 0.2) is 30.3 Å². The van der Waals surface area contributed by atoms with Gasteiger partial charge in [-0.05, 0) is 42.0 Å². The van der Waals surface area contributed by atoms with Crippen LogP contribution in [-0.2, 0) is 0 Å². The predicted molar refractivity (Wildman–Crippen MR) is 86.6 cm³/mol. The first kappa shape index (κ1) is 15.7. The van der Waals surface area contributed by atoms with Crippen molar-refractivity contribution < 1.29 is 9.18 Å². The zero-order valence-electron chi connectivity index (χ0n) is 13.7. The van der Waals surface area contributed by atoms with Crippen LogP contribution in [0.1, 0.15) is 67.3 Å². The van der Waals surface area contributed by atoms with E-state index >= 15 is 0 Å². The highest BCUT2D eigenvalue weighted by molar-refractivity contribution is 5.92. The first-order valence-corrected chi connectivity index (χ1v) is 7.96. The van der Waals surface area contributed by atoms with Crippen LogP contribution in [0.25, 0.3) is 0 Å². The molecule has 0 saturated heterocycles. The SMILES string of the molecule is CC(C)(C)C(NC(=O)c1cc(C2CC2)[nH]n1)c1ccc(F)cc1. The number of carbonyl (C=O) groups excluding carboxylic acids is 1. The lowest BCUT2D eigenvalue weighted by Crippen LogP contribution is -2.36. The second kappa shape index (κ2) is 5.80. The molecule has 3 rings (SSSR count). The number of hydrogen-bond acceptors (Lipinski definition) is 2. The summed E-state index contributed by atoms with van der Waals surface area (Å²) in [6, 6.07) is 7.87. The minimum Gasteiger partial charge on any atom is -0.343 e. The normalized spacial score (nSPS) is 16.2. The fourth-order valence-corrected chi connectivity index (χ4v) is 2.72. The molecule has 0 spiro atoms. The van der Waals surface area contributed by atoms with Crippen LogP contribution in [-0.4, -0.2) is 16.1 Å². The summed E-state index contributed by atoms with van der Waals surface area (Å²) in [6.07, 6.45) is 2.31. The topological polar surface area (TPSA) is 57.8 Å². The average Bonchev–Trinajstić information content (AvgIpc) is 3.22. The molecule has 1 amide bonds. The third kappa shape index (κ3) is 3.60. The number of halogens is 1. The molecule has 4 nitrogen and oxygen atoms in total. The van der Waals surface area contributed by atoms with Crippen LogP contribution in [0.3, 0.4) is 0 Å². The Balaban J connectivity index is 1.79. The Bertz CT molecular complexity index is 696. The first-order valence-electron chi connectivity index (χ1n) is 7.96. The van der Waals surface area contributed by atoms with Gasteiger partial charge in [-0.15, -0.1) is 0 Å². The molecule has 1 fully saturated rings. The molecular formula is C18H22FN3O. The number of nitrogens with zero attached hydrogens (tertiary/aromatic N) is 1. The molecule has 5 heteroatoms. The number of benzene rings is 1. The molecule has 0 radical (unpaired) electrons. The molecule has 23 heavy (non-hydrogen) atoms. The average molecular weight is 315 g/mol. The smallest absolute Gasteiger partial charge is 0.272 e. The molecular weight excluding hydrogens is 293 g/mol. The molecule has 1 aliphatic carbocycles. The maximum absolute atomic E-state index is 13.2. The standard InChI is InChI=1S/C18H22FN3O/c1-18(2,3)16(12-6-8-13(19)9-7-12)20-17(23)15-10-14(21-22-15)11-4-5-11/h6-11,16H,4-5H2,1-3H3,(H,20,23)(H,21,22). The molecule has 0 bridgehead atoms. The highest BCUT2D eigenvalue weighted by atomic mass is 19.1. The quantitative estimate of drug-likeness (QED) is 0.897. The number of H-pyrrole nitrogens is 1. The monoisotopic (exact) mass is 315 g/mol. The maximum Gasteiger partial charge on any atom is 0.272 e. The van der Waals surface area contributed by atoms with Crippen molar-refractivity contribution >= 4 is 5.91 Å². The largest absolute Gasteiger partial charge is 0.343 e. The minimum atomic E-state index is -0.283. The van der Waals surface area contributed by atoms with Crippen molar-refractivity contribution in [3.63, 3.8) is 0 Å². The summed E-state index contributed by atoms with van der Waals surface area (Å²) < 4.78 is 13.2. The molecule has 1 aliphatic rings. The molecule has 1 aromatic carbocycles. The summed E-state index contributed by atoms with van der Waals surface area (Å²) in [6.45, 7) is 6.13. The van der Waals surface area contributed by atoms with E-state index in [0.29, 0.717) is 11.6 Å². The Morgan fingerprint density at radius 3 is 2.52 bits per heavy atom. The number of hydrogen-bond donors (Lipinski definition) is 2. The Hall–Kier alpha value is -2.17. The van der Waals surface area contributed by atoms with E-state index in [1.54, 1.807) is 12.1 Å². The molecule has 1 unspecified atom stereocenters. The van der Waals surface area contributed by atoms with Crippen LogP contribution in [0.4, 0.5) is 4.39 Å². The van der Waals surface area contributed by atoms with E-state index in [4.69, 9.17) is 0 Å². The second-order valence-corrected chi connectivity index (χ2v) is 7.31. The lowest BCUT2D eigenvalue weighted by molar-refractivity contribution is 0.0896. The van der Waals surface area contributed by atoms with Gasteiger partial charge < -0.3 is 5.32 Å². The Morgan fingerprint density at radius 2 is 1.96 bits per heavy atom. The van der Waals surface area contributed by atoms with E-state index in [1.807, 2.05) is 26.8 Å². The predicted octanol–water partition coefficient (Wildman–Crippen LogP) is 3.94. The molecule has 0 aliphatic heterocycles. The third-order valence-corrected chi connectivity index (χ3v) is 4.19. The van der Waals surface area contributed by atoms with Crippen molar-refractivity contribution in [1.82, 2.24) is 15.5 Å². The van der Waals surface area contributed by atoms with Gasteiger partial charge in [0.05, 0.1) is 6.04 Å². The number of rotatable bonds is 4. The number of aromatic nitrogens is 2. The summed E-state index contributed by atoms with van der Waals surface area (Å²) in [5.41, 5.74) is 2.11. The van der Waals surface area contributed by atoms with Crippen molar-refractivity contribution in [3.05, 3.63) is 53.1 Å². The molecule has 1 heterocycles. The Labute approximate surface area is 135 Å². The van der Waals surface area contributed by atoms with Crippen LogP contribution >= 0.6 is 0 Å². The van der Waals surface area contributed by atoms with E-state index in [-0.39, 0.29) is 23.2 Å². The van der Waals surface area contributed by atoms with Gasteiger partial charge in [-0.1, -0.05) is 32.9 Å². The molecule has 1 saturated carbocycles. The highest BCUT2D eigenvalue weighted by Crippen LogP contribution is 2.39. The van der Waals surface area contributed by atoms with Crippen molar-refractivity contribution in [3.8, 4) is 0 Å². The van der Waals surface area contributed by atoms with Crippen LogP contribution < -0.4 is 5.32 Å². The van der Waals surface area contributed by atoms with E-state index in [0.717, 1.165) is 24.1 Å². The summed E-state index contributed by atoms with van der Waals surface area (Å²) in [5.74, 6) is 0.0334. The van der Waals surface area contributed by atoms with Crippen molar-refractivity contribution in [2.24, 2.45) is 5.41 Å². The van der Waals surface area contributed by atoms with Crippen molar-refractivity contribution in [2.45, 2.75) is 45.6 Å². The van der Waals surface area contributed by atoms with Gasteiger partial charge in [0.15, 0.2) is 0 Å². The molecule has 1 aromatic heterocycles. The van der Waals surface area contributed by atoms with Gasteiger partial charge >= 0.3 is 0 Å². The van der Waals surface area contributed by atoms with Gasteiger partial charge in [0.25, 0.3) is 5.91 Å². The van der Waals surface area contributed by atoms with Crippen LogP contribution in [0.2, 0.25) is 0 Å². The summed E-state index contributed by atoms with van der Waals surface area (Å²) >= 11 is 0. The van der Waals surface area contributed by atoms with Crippen molar-refractivity contribution in [1.29, 1.82) is 0 Å². The van der Waals surface area contributed by atoms with Gasteiger partial charge in [-0.25, -0.2) is 4.39 Å². The van der Waals surface area contributed by atoms with Gasteiger partial charge in [0.2, 0.25) is 0 Å². The summed E-state index contributed by atoms with van der Waals surface area (Å²) in [5, 5.41) is 10.1. The van der Waals surface area contributed by atoms with Gasteiger partial charge in [-0.2, -0.15) is 5.10 Å². The summed E-state index contributed by atoms with van der Waals surface area (Å²) in [4.78, 5) is 12.5. The third-order valence-electron chi connectivity index (χ3n) is 4.19. The summed E-state index contributed by atoms with van der Waals surface area (Å²) in [7, 11) is 0. The highest BCUT2D eigenvalue weighted by Gasteiger charge is 2.30. The minimum absolute atomic E-state index is 0.205. The van der Waals surface area contributed by atoms with E-state index < -0.39 is 0 Å². The molecule has 122 valence electrons. The maximum atomic E-state index is 13.2. The fourth-order valence-electron chi connectivity index (χ4n) is 2.72. The van der Waals surface area contributed by atoms with Crippen LogP contribution in [0, 0.1) is 11.2 Å². The first-order chi connectivity index (χ1) is 10.8. The lowest BCUT2D eigenvalue weighted by Gasteiger charge is -2.31. The van der Waals surface area contributed by atoms with E-state index in [2.05, 4.69) is 15.5 Å². The van der Waals surface area contributed by atoms with E-state index in [1.165, 1.54) is 12.1 Å². The second-order valence-electron chi connectivity index (χ2n) is 7.31. The Morgan fingerprint density at radius 1 is 1.30 bits per heavy atom. The van der Waals surface area contributed by atoms with Crippen LogP contribution in [0.5, 0.6) is 0 Å². The number of amides is 1. The van der Waals surface area contributed by atoms with E-state index in [9.17, 15) is 9.18 Å². The zero-order valence-corrected chi connectivity index (χ0v) is 13.7. The van der Waals surface area contributed by atoms with Gasteiger partial charge in [0.1, 0.15) is 11.5 Å². The molecule has 1 atom stereocenters. The van der Waals surface area contributed by atoms with Crippen molar-refractivity contribution in [2.75, 3.05) is 0 Å². The van der Waals surface area contributed by atoms with Gasteiger partial charge in [-0.3, -0.25) is 9.89 Å². The van der Waals surface area contributed by atoms with Gasteiger partial charge in [0, 0.05) is 11.6 Å². The molecule has 2 N–H and O–H groups in total. The molecule has 2 aromatic rings. The zero-order chi connectivity index (χ0) is 16.6. The number of nitrogens with one attached hydrogen (secondary N) is 2. The Kier molecular flexibility index (Phi) is 3.96. The fraction of sp³-hybridized carbons (Fsp3) is 0.444.